The summed E-state index contributed by atoms with van der Waals surface area (Å²) in [5.41, 5.74) is 19.6. The SMILES string of the molecule is CCN(CC)CC(N)CC1(C)CC(CC2CCC(N)C(C)C2)CCC1N. The van der Waals surface area contributed by atoms with Crippen LogP contribution in [0.25, 0.3) is 0 Å². The molecule has 154 valence electrons. The average Bonchev–Trinajstić information content (AvgIpc) is 2.59. The Morgan fingerprint density at radius 2 is 1.69 bits per heavy atom. The number of nitrogens with two attached hydrogens (primary N) is 3. The Balaban J connectivity index is 1.89. The Hall–Kier alpha value is -0.160. The molecule has 0 bridgehead atoms. The molecule has 7 atom stereocenters. The van der Waals surface area contributed by atoms with Gasteiger partial charge in [0.15, 0.2) is 0 Å². The van der Waals surface area contributed by atoms with Crippen molar-refractivity contribution in [3.63, 3.8) is 0 Å². The lowest BCUT2D eigenvalue weighted by molar-refractivity contribution is 0.0815. The minimum atomic E-state index is 0.201. The zero-order valence-corrected chi connectivity index (χ0v) is 17.9. The highest BCUT2D eigenvalue weighted by Crippen LogP contribution is 2.45. The van der Waals surface area contributed by atoms with E-state index in [1.165, 1.54) is 44.9 Å². The predicted molar refractivity (Wildman–Crippen MR) is 113 cm³/mol. The van der Waals surface area contributed by atoms with Crippen molar-refractivity contribution in [2.24, 2.45) is 40.4 Å². The lowest BCUT2D eigenvalue weighted by Gasteiger charge is -2.46. The molecular formula is C22H46N4. The topological polar surface area (TPSA) is 81.3 Å². The smallest absolute Gasteiger partial charge is 0.0173 e. The highest BCUT2D eigenvalue weighted by molar-refractivity contribution is 4.95. The van der Waals surface area contributed by atoms with Gasteiger partial charge < -0.3 is 22.1 Å². The first kappa shape index (κ1) is 22.1. The number of rotatable bonds is 8. The third-order valence-corrected chi connectivity index (χ3v) is 7.66. The van der Waals surface area contributed by atoms with Crippen LogP contribution in [-0.2, 0) is 0 Å². The van der Waals surface area contributed by atoms with Crippen LogP contribution in [0.1, 0.15) is 79.1 Å². The van der Waals surface area contributed by atoms with Crippen molar-refractivity contribution in [1.82, 2.24) is 4.90 Å². The van der Waals surface area contributed by atoms with E-state index in [1.807, 2.05) is 0 Å². The molecule has 2 saturated carbocycles. The standard InChI is InChI=1S/C22H46N4/c1-5-26(6-2)15-19(23)14-22(4)13-18(8-10-21(22)25)12-17-7-9-20(24)16(3)11-17/h16-21H,5-15,23-25H2,1-4H3. The second kappa shape index (κ2) is 9.86. The lowest BCUT2D eigenvalue weighted by atomic mass is 9.62. The van der Waals surface area contributed by atoms with E-state index in [0.717, 1.165) is 37.9 Å². The van der Waals surface area contributed by atoms with Gasteiger partial charge in [-0.05, 0) is 87.6 Å². The fourth-order valence-corrected chi connectivity index (χ4v) is 5.81. The molecule has 6 N–H and O–H groups in total. The van der Waals surface area contributed by atoms with E-state index in [9.17, 15) is 0 Å². The van der Waals surface area contributed by atoms with Crippen molar-refractivity contribution < 1.29 is 0 Å². The molecule has 0 heterocycles. The first-order chi connectivity index (χ1) is 12.3. The minimum Gasteiger partial charge on any atom is -0.327 e. The van der Waals surface area contributed by atoms with Crippen LogP contribution in [0.3, 0.4) is 0 Å². The van der Waals surface area contributed by atoms with Crippen molar-refractivity contribution in [1.29, 1.82) is 0 Å². The summed E-state index contributed by atoms with van der Waals surface area (Å²) in [6, 6.07) is 0.965. The average molecular weight is 367 g/mol. The van der Waals surface area contributed by atoms with E-state index < -0.39 is 0 Å². The van der Waals surface area contributed by atoms with Crippen LogP contribution in [-0.4, -0.2) is 42.7 Å². The second-order valence-corrected chi connectivity index (χ2v) is 9.91. The zero-order valence-electron chi connectivity index (χ0n) is 17.9. The predicted octanol–water partition coefficient (Wildman–Crippen LogP) is 3.33. The molecule has 0 saturated heterocycles. The fraction of sp³-hybridized carbons (Fsp3) is 1.00. The quantitative estimate of drug-likeness (QED) is 0.615. The van der Waals surface area contributed by atoms with Crippen LogP contribution in [0.2, 0.25) is 0 Å². The number of nitrogens with zero attached hydrogens (tertiary/aromatic N) is 1. The molecular weight excluding hydrogens is 320 g/mol. The molecule has 2 rings (SSSR count). The highest BCUT2D eigenvalue weighted by Gasteiger charge is 2.40. The number of likely N-dealkylation sites (N-methyl/N-ethyl adjacent to an activating group) is 1. The number of hydrogen-bond acceptors (Lipinski definition) is 4. The molecule has 0 aliphatic heterocycles. The maximum absolute atomic E-state index is 6.61. The van der Waals surface area contributed by atoms with Gasteiger partial charge in [-0.3, -0.25) is 0 Å². The van der Waals surface area contributed by atoms with Crippen LogP contribution >= 0.6 is 0 Å². The van der Waals surface area contributed by atoms with Gasteiger partial charge in [-0.1, -0.05) is 27.7 Å². The highest BCUT2D eigenvalue weighted by atomic mass is 15.1. The van der Waals surface area contributed by atoms with Crippen molar-refractivity contribution in [3.8, 4) is 0 Å². The van der Waals surface area contributed by atoms with Gasteiger partial charge in [-0.2, -0.15) is 0 Å². The van der Waals surface area contributed by atoms with Gasteiger partial charge in [0.25, 0.3) is 0 Å². The van der Waals surface area contributed by atoms with E-state index >= 15 is 0 Å². The van der Waals surface area contributed by atoms with Crippen molar-refractivity contribution in [2.75, 3.05) is 19.6 Å². The maximum atomic E-state index is 6.61. The molecule has 0 radical (unpaired) electrons. The van der Waals surface area contributed by atoms with Gasteiger partial charge in [0, 0.05) is 24.7 Å². The van der Waals surface area contributed by atoms with Crippen LogP contribution in [0.15, 0.2) is 0 Å². The molecule has 0 aromatic carbocycles. The Kier molecular flexibility index (Phi) is 8.39. The molecule has 0 amide bonds. The van der Waals surface area contributed by atoms with Gasteiger partial charge in [0.05, 0.1) is 0 Å². The normalized spacial score (nSPS) is 39.9. The van der Waals surface area contributed by atoms with Gasteiger partial charge in [0.1, 0.15) is 0 Å². The summed E-state index contributed by atoms with van der Waals surface area (Å²) in [7, 11) is 0. The first-order valence-corrected chi connectivity index (χ1v) is 11.3. The first-order valence-electron chi connectivity index (χ1n) is 11.3. The van der Waals surface area contributed by atoms with Crippen LogP contribution in [0.4, 0.5) is 0 Å². The van der Waals surface area contributed by atoms with Gasteiger partial charge in [0.2, 0.25) is 0 Å². The fourth-order valence-electron chi connectivity index (χ4n) is 5.81. The minimum absolute atomic E-state index is 0.201. The van der Waals surface area contributed by atoms with Crippen molar-refractivity contribution in [2.45, 2.75) is 97.2 Å². The summed E-state index contributed by atoms with van der Waals surface area (Å²) in [5.74, 6) is 2.39. The third-order valence-electron chi connectivity index (χ3n) is 7.66. The maximum Gasteiger partial charge on any atom is 0.0173 e. The Morgan fingerprint density at radius 1 is 1.04 bits per heavy atom. The van der Waals surface area contributed by atoms with E-state index in [2.05, 4.69) is 32.6 Å². The van der Waals surface area contributed by atoms with E-state index in [-0.39, 0.29) is 11.5 Å². The molecule has 0 aromatic heterocycles. The van der Waals surface area contributed by atoms with Gasteiger partial charge in [-0.25, -0.2) is 0 Å². The zero-order chi connectivity index (χ0) is 19.3. The molecule has 26 heavy (non-hydrogen) atoms. The van der Waals surface area contributed by atoms with Gasteiger partial charge in [-0.15, -0.1) is 0 Å². The summed E-state index contributed by atoms with van der Waals surface area (Å²) in [5, 5.41) is 0. The summed E-state index contributed by atoms with van der Waals surface area (Å²) < 4.78 is 0. The van der Waals surface area contributed by atoms with Crippen LogP contribution in [0, 0.1) is 23.2 Å². The molecule has 0 aromatic rings. The summed E-state index contributed by atoms with van der Waals surface area (Å²) in [6.07, 6.45) is 10.0. The van der Waals surface area contributed by atoms with Gasteiger partial charge >= 0.3 is 0 Å². The largest absolute Gasteiger partial charge is 0.327 e. The molecule has 2 fully saturated rings. The molecule has 7 unspecified atom stereocenters. The van der Waals surface area contributed by atoms with Crippen molar-refractivity contribution >= 4 is 0 Å². The number of hydrogen-bond donors (Lipinski definition) is 3. The van der Waals surface area contributed by atoms with E-state index in [4.69, 9.17) is 17.2 Å². The molecule has 2 aliphatic rings. The summed E-state index contributed by atoms with van der Waals surface area (Å²) in [6.45, 7) is 12.3. The lowest BCUT2D eigenvalue weighted by Crippen LogP contribution is -2.50. The monoisotopic (exact) mass is 366 g/mol. The Morgan fingerprint density at radius 3 is 2.31 bits per heavy atom. The van der Waals surface area contributed by atoms with E-state index in [0.29, 0.717) is 18.0 Å². The molecule has 0 spiro atoms. The third kappa shape index (κ3) is 5.92. The van der Waals surface area contributed by atoms with Crippen LogP contribution in [0.5, 0.6) is 0 Å². The molecule has 2 aliphatic carbocycles. The van der Waals surface area contributed by atoms with Crippen molar-refractivity contribution in [3.05, 3.63) is 0 Å². The molecule has 4 heteroatoms. The Bertz CT molecular complexity index is 411. The summed E-state index contributed by atoms with van der Waals surface area (Å²) in [4.78, 5) is 2.44. The molecule has 4 nitrogen and oxygen atoms in total. The Labute approximate surface area is 162 Å². The summed E-state index contributed by atoms with van der Waals surface area (Å²) >= 11 is 0. The second-order valence-electron chi connectivity index (χ2n) is 9.91. The van der Waals surface area contributed by atoms with Crippen LogP contribution < -0.4 is 17.2 Å². The van der Waals surface area contributed by atoms with E-state index in [1.54, 1.807) is 0 Å².